The van der Waals surface area contributed by atoms with Crippen LogP contribution in [0, 0.1) is 5.41 Å². The Kier molecular flexibility index (Phi) is 4.44. The molecular formula is C20H22Cl2N2. The second kappa shape index (κ2) is 6.57. The third-order valence-electron chi connectivity index (χ3n) is 5.50. The Balaban J connectivity index is 1.72. The fourth-order valence-electron chi connectivity index (χ4n) is 4.32. The zero-order valence-electron chi connectivity index (χ0n) is 13.8. The molecule has 0 saturated carbocycles. The average Bonchev–Trinajstić information content (AvgIpc) is 3.06. The largest absolute Gasteiger partial charge is 0.348 e. The quantitative estimate of drug-likeness (QED) is 0.807. The van der Waals surface area contributed by atoms with Gasteiger partial charge in [-0.2, -0.15) is 0 Å². The molecule has 1 aromatic heterocycles. The van der Waals surface area contributed by atoms with Crippen LogP contribution in [0.2, 0.25) is 10.0 Å². The molecule has 1 aromatic carbocycles. The molecule has 24 heavy (non-hydrogen) atoms. The van der Waals surface area contributed by atoms with Gasteiger partial charge in [0.25, 0.3) is 0 Å². The molecule has 2 aromatic rings. The van der Waals surface area contributed by atoms with Crippen molar-refractivity contribution in [2.24, 2.45) is 0 Å². The van der Waals surface area contributed by atoms with Gasteiger partial charge in [-0.05, 0) is 80.2 Å². The van der Waals surface area contributed by atoms with Crippen LogP contribution in [0.5, 0.6) is 0 Å². The Hall–Kier alpha value is -1.25. The SMILES string of the molecule is N=c1c2c(n(CCc3ccc(Cl)cc3Cl)c3c1CCC3)CCCC2. The predicted octanol–water partition coefficient (Wildman–Crippen LogP) is 4.88. The molecule has 4 rings (SSSR count). The van der Waals surface area contributed by atoms with Crippen LogP contribution in [0.3, 0.4) is 0 Å². The molecule has 2 nitrogen and oxygen atoms in total. The predicted molar refractivity (Wildman–Crippen MR) is 99.1 cm³/mol. The van der Waals surface area contributed by atoms with E-state index in [0.717, 1.165) is 54.6 Å². The molecule has 4 heteroatoms. The molecule has 0 fully saturated rings. The molecule has 0 unspecified atom stereocenters. The van der Waals surface area contributed by atoms with Gasteiger partial charge in [0.2, 0.25) is 0 Å². The van der Waals surface area contributed by atoms with Gasteiger partial charge in [-0.3, -0.25) is 0 Å². The number of benzene rings is 1. The lowest BCUT2D eigenvalue weighted by atomic mass is 9.92. The minimum Gasteiger partial charge on any atom is -0.348 e. The van der Waals surface area contributed by atoms with E-state index in [-0.39, 0.29) is 0 Å². The zero-order chi connectivity index (χ0) is 16.7. The average molecular weight is 361 g/mol. The van der Waals surface area contributed by atoms with Crippen molar-refractivity contribution in [1.82, 2.24) is 4.57 Å². The fourth-order valence-corrected chi connectivity index (χ4v) is 4.83. The first-order valence-corrected chi connectivity index (χ1v) is 9.65. The monoisotopic (exact) mass is 360 g/mol. The smallest absolute Gasteiger partial charge is 0.0638 e. The highest BCUT2D eigenvalue weighted by Crippen LogP contribution is 2.28. The van der Waals surface area contributed by atoms with Crippen molar-refractivity contribution in [3.8, 4) is 0 Å². The van der Waals surface area contributed by atoms with Crippen LogP contribution in [0.25, 0.3) is 0 Å². The molecule has 1 N–H and O–H groups in total. The zero-order valence-corrected chi connectivity index (χ0v) is 15.3. The molecule has 0 bridgehead atoms. The Morgan fingerprint density at radius 1 is 0.917 bits per heavy atom. The highest BCUT2D eigenvalue weighted by atomic mass is 35.5. The van der Waals surface area contributed by atoms with Gasteiger partial charge in [-0.15, -0.1) is 0 Å². The molecule has 0 radical (unpaired) electrons. The van der Waals surface area contributed by atoms with Crippen LogP contribution in [-0.4, -0.2) is 4.57 Å². The number of aromatic nitrogens is 1. The highest BCUT2D eigenvalue weighted by Gasteiger charge is 2.24. The van der Waals surface area contributed by atoms with Gasteiger partial charge in [0.05, 0.1) is 5.36 Å². The summed E-state index contributed by atoms with van der Waals surface area (Å²) in [6.45, 7) is 0.951. The van der Waals surface area contributed by atoms with E-state index < -0.39 is 0 Å². The lowest BCUT2D eigenvalue weighted by Gasteiger charge is -2.26. The van der Waals surface area contributed by atoms with Crippen molar-refractivity contribution < 1.29 is 0 Å². The Morgan fingerprint density at radius 3 is 2.33 bits per heavy atom. The van der Waals surface area contributed by atoms with Crippen molar-refractivity contribution >= 4 is 23.2 Å². The standard InChI is InChI=1S/C20H22Cl2N2/c21-14-9-8-13(17(22)12-14)10-11-24-18-6-2-1-4-15(18)20(23)16-5-3-7-19(16)24/h8-9,12,23H,1-7,10-11H2. The maximum absolute atomic E-state index is 8.61. The molecule has 2 aliphatic rings. The molecule has 0 aliphatic heterocycles. The van der Waals surface area contributed by atoms with E-state index in [1.807, 2.05) is 18.2 Å². The summed E-state index contributed by atoms with van der Waals surface area (Å²) in [6.07, 6.45) is 8.94. The van der Waals surface area contributed by atoms with Crippen LogP contribution >= 0.6 is 23.2 Å². The topological polar surface area (TPSA) is 28.8 Å². The van der Waals surface area contributed by atoms with Crippen LogP contribution in [0.4, 0.5) is 0 Å². The summed E-state index contributed by atoms with van der Waals surface area (Å²) in [5.74, 6) is 0. The van der Waals surface area contributed by atoms with Crippen molar-refractivity contribution in [2.45, 2.75) is 57.9 Å². The van der Waals surface area contributed by atoms with Crippen LogP contribution in [-0.2, 0) is 38.6 Å². The summed E-state index contributed by atoms with van der Waals surface area (Å²) in [5, 5.41) is 10.9. The van der Waals surface area contributed by atoms with Crippen molar-refractivity contribution in [3.05, 3.63) is 61.7 Å². The third-order valence-corrected chi connectivity index (χ3v) is 6.09. The van der Waals surface area contributed by atoms with E-state index in [1.54, 1.807) is 0 Å². The first-order valence-electron chi connectivity index (χ1n) is 8.90. The van der Waals surface area contributed by atoms with Crippen molar-refractivity contribution in [1.29, 1.82) is 5.41 Å². The van der Waals surface area contributed by atoms with Crippen LogP contribution in [0.15, 0.2) is 18.2 Å². The number of rotatable bonds is 3. The highest BCUT2D eigenvalue weighted by molar-refractivity contribution is 6.35. The molecule has 0 atom stereocenters. The van der Waals surface area contributed by atoms with E-state index in [1.165, 1.54) is 41.8 Å². The minimum atomic E-state index is 0.688. The first-order chi connectivity index (χ1) is 11.6. The van der Waals surface area contributed by atoms with Crippen molar-refractivity contribution in [2.75, 3.05) is 0 Å². The molecule has 126 valence electrons. The summed E-state index contributed by atoms with van der Waals surface area (Å²) < 4.78 is 2.53. The van der Waals surface area contributed by atoms with Crippen molar-refractivity contribution in [3.63, 3.8) is 0 Å². The maximum atomic E-state index is 8.61. The van der Waals surface area contributed by atoms with E-state index >= 15 is 0 Å². The number of pyridine rings is 1. The van der Waals surface area contributed by atoms with Gasteiger partial charge in [0, 0.05) is 28.0 Å². The van der Waals surface area contributed by atoms with Crippen LogP contribution in [0.1, 0.15) is 47.3 Å². The molecule has 1 heterocycles. The number of halogens is 2. The van der Waals surface area contributed by atoms with Gasteiger partial charge in [-0.25, -0.2) is 0 Å². The van der Waals surface area contributed by atoms with Gasteiger partial charge in [0.15, 0.2) is 0 Å². The Bertz CT molecular complexity index is 852. The summed E-state index contributed by atoms with van der Waals surface area (Å²) >= 11 is 12.4. The summed E-state index contributed by atoms with van der Waals surface area (Å²) in [7, 11) is 0. The third kappa shape index (κ3) is 2.80. The number of aryl methyl sites for hydroxylation is 1. The molecule has 0 spiro atoms. The number of nitrogens with one attached hydrogen (secondary N) is 1. The van der Waals surface area contributed by atoms with Gasteiger partial charge >= 0.3 is 0 Å². The lowest BCUT2D eigenvalue weighted by Crippen LogP contribution is -2.28. The molecule has 0 saturated heterocycles. The van der Waals surface area contributed by atoms with E-state index in [0.29, 0.717) is 5.02 Å². The van der Waals surface area contributed by atoms with Crippen LogP contribution < -0.4 is 5.36 Å². The Morgan fingerprint density at radius 2 is 1.58 bits per heavy atom. The molecular weight excluding hydrogens is 339 g/mol. The van der Waals surface area contributed by atoms with E-state index in [9.17, 15) is 0 Å². The normalized spacial score (nSPS) is 16.1. The molecule has 0 amide bonds. The molecule has 2 aliphatic carbocycles. The fraction of sp³-hybridized carbons (Fsp3) is 0.450. The number of nitrogens with zero attached hydrogens (tertiary/aromatic N) is 1. The number of fused-ring (bicyclic) bond motifs is 2. The van der Waals surface area contributed by atoms with E-state index in [4.69, 9.17) is 28.6 Å². The summed E-state index contributed by atoms with van der Waals surface area (Å²) in [5.41, 5.74) is 6.59. The number of hydrogen-bond acceptors (Lipinski definition) is 1. The van der Waals surface area contributed by atoms with E-state index in [2.05, 4.69) is 4.57 Å². The lowest BCUT2D eigenvalue weighted by molar-refractivity contribution is 0.562. The minimum absolute atomic E-state index is 0.688. The summed E-state index contributed by atoms with van der Waals surface area (Å²) in [4.78, 5) is 0. The second-order valence-corrected chi connectivity index (χ2v) is 7.77. The maximum Gasteiger partial charge on any atom is 0.0638 e. The Labute approximate surface area is 152 Å². The van der Waals surface area contributed by atoms with Gasteiger partial charge in [0.1, 0.15) is 0 Å². The summed E-state index contributed by atoms with van der Waals surface area (Å²) in [6, 6.07) is 5.78. The number of hydrogen-bond donors (Lipinski definition) is 1. The first kappa shape index (κ1) is 16.2. The van der Waals surface area contributed by atoms with Gasteiger partial charge in [-0.1, -0.05) is 29.3 Å². The second-order valence-electron chi connectivity index (χ2n) is 6.92. The van der Waals surface area contributed by atoms with Gasteiger partial charge < -0.3 is 9.98 Å².